The van der Waals surface area contributed by atoms with Gasteiger partial charge in [-0.3, -0.25) is 4.79 Å². The molecule has 0 aliphatic carbocycles. The minimum Gasteiger partial charge on any atom is -0.394 e. The van der Waals surface area contributed by atoms with Crippen molar-refractivity contribution < 1.29 is 104 Å². The lowest BCUT2D eigenvalue weighted by molar-refractivity contribution is -0.380. The Morgan fingerprint density at radius 3 is 1.50 bits per heavy atom. The summed E-state index contributed by atoms with van der Waals surface area (Å²) in [5.74, 6) is -0.755. The van der Waals surface area contributed by atoms with Gasteiger partial charge < -0.3 is 105 Å². The van der Waals surface area contributed by atoms with E-state index in [0.717, 1.165) is 6.92 Å². The average molecular weight is 708 g/mol. The van der Waals surface area contributed by atoms with Crippen molar-refractivity contribution in [1.29, 1.82) is 0 Å². The van der Waals surface area contributed by atoms with Crippen LogP contribution in [0, 0.1) is 0 Å². The lowest BCUT2D eigenvalue weighted by Crippen LogP contribution is -2.69. The van der Waals surface area contributed by atoms with Crippen LogP contribution >= 0.6 is 0 Å². The third kappa shape index (κ3) is 8.08. The van der Waals surface area contributed by atoms with Crippen LogP contribution in [0.2, 0.25) is 0 Å². The lowest BCUT2D eigenvalue weighted by Gasteiger charge is -2.49. The molecular formula is C26H45NO21. The number of aliphatic hydroxyl groups is 13. The van der Waals surface area contributed by atoms with E-state index < -0.39 is 155 Å². The van der Waals surface area contributed by atoms with E-state index in [1.807, 2.05) is 0 Å². The first-order valence-electron chi connectivity index (χ1n) is 15.1. The molecule has 0 unspecified atom stereocenters. The number of ether oxygens (including phenoxy) is 7. The largest absolute Gasteiger partial charge is 0.394 e. The van der Waals surface area contributed by atoms with Gasteiger partial charge in [-0.05, 0) is 0 Å². The molecule has 0 spiro atoms. The summed E-state index contributed by atoms with van der Waals surface area (Å²) in [6.45, 7) is -2.37. The zero-order chi connectivity index (χ0) is 35.6. The van der Waals surface area contributed by atoms with Gasteiger partial charge in [0.05, 0.1) is 26.4 Å². The second-order valence-electron chi connectivity index (χ2n) is 11.9. The molecule has 280 valence electrons. The Hall–Kier alpha value is -1.33. The molecule has 4 rings (SSSR count). The van der Waals surface area contributed by atoms with Gasteiger partial charge in [0.1, 0.15) is 97.6 Å². The molecule has 48 heavy (non-hydrogen) atoms. The Kier molecular flexibility index (Phi) is 13.8. The van der Waals surface area contributed by atoms with Crippen molar-refractivity contribution in [3.05, 3.63) is 0 Å². The molecule has 20 atom stereocenters. The molecule has 4 aliphatic rings. The first-order chi connectivity index (χ1) is 22.7. The van der Waals surface area contributed by atoms with E-state index in [0.29, 0.717) is 0 Å². The maximum absolute atomic E-state index is 12.2. The van der Waals surface area contributed by atoms with E-state index in [1.165, 1.54) is 0 Å². The SMILES string of the molecule is CC(=O)N[C@H]1[C@H](O[C@H]2[C@@H](O)[C@@H](CO)O[C@@H](O[C@H]3[C@H](O)[C@@H](O)[C@H](O)O[C@@H]3CO)[C@@H]2O)O[C@H](CO)[C@@H](O[C@H]2O[C@H](CO)[C@H](O)[C@H](O)[C@H]2O)[C@@H]1O. The van der Waals surface area contributed by atoms with Crippen LogP contribution in [0.1, 0.15) is 6.92 Å². The molecule has 4 aliphatic heterocycles. The molecule has 22 nitrogen and oxygen atoms in total. The molecule has 0 bridgehead atoms. The van der Waals surface area contributed by atoms with Crippen LogP contribution in [0.5, 0.6) is 0 Å². The van der Waals surface area contributed by atoms with Crippen LogP contribution in [0.25, 0.3) is 0 Å². The summed E-state index contributed by atoms with van der Waals surface area (Å²) in [7, 11) is 0. The Morgan fingerprint density at radius 2 is 0.958 bits per heavy atom. The molecule has 14 N–H and O–H groups in total. The van der Waals surface area contributed by atoms with Gasteiger partial charge in [-0.15, -0.1) is 0 Å². The van der Waals surface area contributed by atoms with Crippen molar-refractivity contribution in [2.24, 2.45) is 0 Å². The smallest absolute Gasteiger partial charge is 0.217 e. The van der Waals surface area contributed by atoms with Gasteiger partial charge in [-0.25, -0.2) is 0 Å². The van der Waals surface area contributed by atoms with Crippen molar-refractivity contribution in [3.8, 4) is 0 Å². The third-order valence-corrected chi connectivity index (χ3v) is 8.61. The van der Waals surface area contributed by atoms with Crippen molar-refractivity contribution in [2.75, 3.05) is 26.4 Å². The molecule has 0 aromatic carbocycles. The summed E-state index contributed by atoms with van der Waals surface area (Å²) in [6, 6.07) is -1.61. The van der Waals surface area contributed by atoms with Crippen LogP contribution < -0.4 is 5.32 Å². The molecule has 0 saturated carbocycles. The normalized spacial score (nSPS) is 50.2. The standard InChI is InChI=1S/C26H45NO21/c1-6(32)27-11-14(35)20(46-25-18(39)15(36)12(33)7(2-28)43-25)10(5-31)45-24(11)48-22-13(34)8(3-29)44-26(19(22)40)47-21-9(4-30)42-23(41)17(38)16(21)37/h7-26,28-31,33-41H,2-5H2,1H3,(H,27,32)/t7-,8-,9-,10-,11-,12+,13+,14-,15+,16-,17-,18-,19-,20-,21-,22+,23-,24+,25-,26+/m1/s1. The summed E-state index contributed by atoms with van der Waals surface area (Å²) < 4.78 is 38.5. The number of hydrogen-bond donors (Lipinski definition) is 14. The van der Waals surface area contributed by atoms with Crippen molar-refractivity contribution in [2.45, 2.75) is 130 Å². The lowest BCUT2D eigenvalue weighted by atomic mass is 9.94. The zero-order valence-electron chi connectivity index (χ0n) is 25.5. The number of nitrogens with one attached hydrogen (secondary N) is 1. The first-order valence-corrected chi connectivity index (χ1v) is 15.1. The van der Waals surface area contributed by atoms with E-state index in [4.69, 9.17) is 33.2 Å². The maximum Gasteiger partial charge on any atom is 0.217 e. The van der Waals surface area contributed by atoms with E-state index in [9.17, 15) is 71.2 Å². The van der Waals surface area contributed by atoms with Crippen LogP contribution in [0.15, 0.2) is 0 Å². The number of carbonyl (C=O) groups is 1. The zero-order valence-corrected chi connectivity index (χ0v) is 25.5. The molecule has 22 heteroatoms. The third-order valence-electron chi connectivity index (χ3n) is 8.61. The minimum absolute atomic E-state index is 0.755. The van der Waals surface area contributed by atoms with Crippen molar-refractivity contribution >= 4 is 5.91 Å². The van der Waals surface area contributed by atoms with Gasteiger partial charge in [0.2, 0.25) is 5.91 Å². The quantitative estimate of drug-likeness (QED) is 0.0947. The van der Waals surface area contributed by atoms with Gasteiger partial charge in [0.15, 0.2) is 25.2 Å². The topological polar surface area (TPSA) is 357 Å². The molecular weight excluding hydrogens is 662 g/mol. The molecule has 0 aromatic heterocycles. The fraction of sp³-hybridized carbons (Fsp3) is 0.962. The highest BCUT2D eigenvalue weighted by atomic mass is 16.8. The second-order valence-corrected chi connectivity index (χ2v) is 11.9. The number of carbonyl (C=O) groups excluding carboxylic acids is 1. The van der Waals surface area contributed by atoms with E-state index in [2.05, 4.69) is 5.32 Å². The maximum atomic E-state index is 12.2. The fourth-order valence-electron chi connectivity index (χ4n) is 5.95. The van der Waals surface area contributed by atoms with Crippen LogP contribution in [0.3, 0.4) is 0 Å². The fourth-order valence-corrected chi connectivity index (χ4v) is 5.95. The Labute approximate surface area is 272 Å². The molecule has 0 radical (unpaired) electrons. The van der Waals surface area contributed by atoms with Gasteiger partial charge in [-0.2, -0.15) is 0 Å². The summed E-state index contributed by atoms with van der Waals surface area (Å²) in [6.07, 6.45) is -33.5. The summed E-state index contributed by atoms with van der Waals surface area (Å²) in [5.41, 5.74) is 0. The van der Waals surface area contributed by atoms with E-state index in [1.54, 1.807) is 0 Å². The average Bonchev–Trinajstić information content (AvgIpc) is 3.06. The Bertz CT molecular complexity index is 1030. The summed E-state index contributed by atoms with van der Waals surface area (Å²) in [5, 5.41) is 136. The first kappa shape index (κ1) is 39.5. The van der Waals surface area contributed by atoms with Crippen molar-refractivity contribution in [1.82, 2.24) is 5.32 Å². The van der Waals surface area contributed by atoms with E-state index >= 15 is 0 Å². The van der Waals surface area contributed by atoms with Crippen molar-refractivity contribution in [3.63, 3.8) is 0 Å². The summed E-state index contributed by atoms with van der Waals surface area (Å²) >= 11 is 0. The van der Waals surface area contributed by atoms with Crippen LogP contribution in [-0.4, -0.2) is 221 Å². The number of hydrogen-bond acceptors (Lipinski definition) is 21. The van der Waals surface area contributed by atoms with Gasteiger partial charge in [0.25, 0.3) is 0 Å². The van der Waals surface area contributed by atoms with Crippen LogP contribution in [-0.2, 0) is 38.0 Å². The monoisotopic (exact) mass is 707 g/mol. The minimum atomic E-state index is -2.02. The molecule has 1 amide bonds. The highest BCUT2D eigenvalue weighted by Gasteiger charge is 2.55. The molecule has 4 saturated heterocycles. The predicted octanol–water partition coefficient (Wildman–Crippen LogP) is -9.61. The number of aliphatic hydroxyl groups excluding tert-OH is 13. The number of rotatable bonds is 11. The predicted molar refractivity (Wildman–Crippen MR) is 145 cm³/mol. The van der Waals surface area contributed by atoms with Gasteiger partial charge in [-0.1, -0.05) is 0 Å². The van der Waals surface area contributed by atoms with Gasteiger partial charge in [0, 0.05) is 6.92 Å². The van der Waals surface area contributed by atoms with E-state index in [-0.39, 0.29) is 0 Å². The Balaban J connectivity index is 1.56. The van der Waals surface area contributed by atoms with Crippen LogP contribution in [0.4, 0.5) is 0 Å². The molecule has 4 heterocycles. The highest BCUT2D eigenvalue weighted by molar-refractivity contribution is 5.73. The Morgan fingerprint density at radius 1 is 0.500 bits per heavy atom. The molecule has 0 aromatic rings. The highest BCUT2D eigenvalue weighted by Crippen LogP contribution is 2.34. The van der Waals surface area contributed by atoms with Gasteiger partial charge >= 0.3 is 0 Å². The number of amides is 1. The second kappa shape index (κ2) is 16.8. The molecule has 4 fully saturated rings. The summed E-state index contributed by atoms with van der Waals surface area (Å²) in [4.78, 5) is 12.2.